The molecule has 0 unspecified atom stereocenters. The number of amides is 2. The highest BCUT2D eigenvalue weighted by Gasteiger charge is 2.32. The second-order valence-corrected chi connectivity index (χ2v) is 8.51. The monoisotopic (exact) mass is 429 g/mol. The first-order valence-corrected chi connectivity index (χ1v) is 11.3. The molecule has 5 rings (SSSR count). The zero-order valence-electron chi connectivity index (χ0n) is 18.1. The molecule has 0 bridgehead atoms. The van der Waals surface area contributed by atoms with E-state index in [0.717, 1.165) is 50.0 Å². The van der Waals surface area contributed by atoms with Crippen molar-refractivity contribution in [1.82, 2.24) is 24.6 Å². The van der Waals surface area contributed by atoms with Crippen LogP contribution in [0.25, 0.3) is 16.9 Å². The fourth-order valence-corrected chi connectivity index (χ4v) is 4.66. The van der Waals surface area contributed by atoms with E-state index >= 15 is 0 Å². The van der Waals surface area contributed by atoms with Gasteiger partial charge in [-0.1, -0.05) is 18.2 Å². The third-order valence-corrected chi connectivity index (χ3v) is 6.45. The highest BCUT2D eigenvalue weighted by Crippen LogP contribution is 2.27. The highest BCUT2D eigenvalue weighted by molar-refractivity contribution is 6.00. The van der Waals surface area contributed by atoms with Gasteiger partial charge in [-0.15, -0.1) is 0 Å². The second-order valence-electron chi connectivity index (χ2n) is 8.51. The number of para-hydroxylation sites is 1. The Balaban J connectivity index is 1.37. The molecule has 2 saturated heterocycles. The van der Waals surface area contributed by atoms with E-state index in [0.29, 0.717) is 24.3 Å². The maximum Gasteiger partial charge on any atom is 0.257 e. The summed E-state index contributed by atoms with van der Waals surface area (Å²) in [7, 11) is 0. The smallest absolute Gasteiger partial charge is 0.257 e. The third kappa shape index (κ3) is 4.02. The van der Waals surface area contributed by atoms with Crippen LogP contribution < -0.4 is 0 Å². The zero-order valence-corrected chi connectivity index (χ0v) is 18.1. The SMILES string of the molecule is O=C(c1cn(-c2ccccc2)nc1-c1cccnc1)N1CCC(C(=O)N2CCCC2)CC1. The summed E-state index contributed by atoms with van der Waals surface area (Å²) >= 11 is 0. The van der Waals surface area contributed by atoms with Crippen LogP contribution in [0.2, 0.25) is 0 Å². The van der Waals surface area contributed by atoms with E-state index in [1.54, 1.807) is 17.1 Å². The van der Waals surface area contributed by atoms with Crippen LogP contribution in [0.15, 0.2) is 61.1 Å². The van der Waals surface area contributed by atoms with Crippen molar-refractivity contribution >= 4 is 11.8 Å². The predicted molar refractivity (Wildman–Crippen MR) is 121 cm³/mol. The van der Waals surface area contributed by atoms with E-state index in [-0.39, 0.29) is 17.7 Å². The number of piperidine rings is 1. The summed E-state index contributed by atoms with van der Waals surface area (Å²) in [6, 6.07) is 13.5. The molecule has 164 valence electrons. The molecule has 0 atom stereocenters. The van der Waals surface area contributed by atoms with Crippen LogP contribution in [-0.4, -0.2) is 62.6 Å². The van der Waals surface area contributed by atoms with Crippen LogP contribution in [-0.2, 0) is 4.79 Å². The Labute approximate surface area is 187 Å². The van der Waals surface area contributed by atoms with Gasteiger partial charge in [0.05, 0.1) is 11.3 Å². The Morgan fingerprint density at radius 1 is 0.875 bits per heavy atom. The van der Waals surface area contributed by atoms with Crippen LogP contribution in [0.1, 0.15) is 36.0 Å². The molecule has 0 aliphatic carbocycles. The number of pyridine rings is 1. The Kier molecular flexibility index (Phi) is 5.71. The van der Waals surface area contributed by atoms with Gasteiger partial charge in [-0.05, 0) is 49.9 Å². The molecule has 0 spiro atoms. The molecule has 1 aromatic carbocycles. The first-order chi connectivity index (χ1) is 15.7. The van der Waals surface area contributed by atoms with Crippen molar-refractivity contribution in [3.8, 4) is 16.9 Å². The number of nitrogens with zero attached hydrogens (tertiary/aromatic N) is 5. The fraction of sp³-hybridized carbons (Fsp3) is 0.360. The van der Waals surface area contributed by atoms with Crippen molar-refractivity contribution in [1.29, 1.82) is 0 Å². The van der Waals surface area contributed by atoms with Gasteiger partial charge in [0.15, 0.2) is 0 Å². The molecule has 7 nitrogen and oxygen atoms in total. The van der Waals surface area contributed by atoms with Crippen molar-refractivity contribution in [2.75, 3.05) is 26.2 Å². The van der Waals surface area contributed by atoms with E-state index in [1.165, 1.54) is 0 Å². The van der Waals surface area contributed by atoms with Crippen LogP contribution in [0, 0.1) is 5.92 Å². The molecule has 2 amide bonds. The number of carbonyl (C=O) groups is 2. The molecule has 7 heteroatoms. The molecular weight excluding hydrogens is 402 g/mol. The normalized spacial score (nSPS) is 17.0. The number of hydrogen-bond acceptors (Lipinski definition) is 4. The summed E-state index contributed by atoms with van der Waals surface area (Å²) in [6.45, 7) is 2.94. The van der Waals surface area contributed by atoms with Crippen molar-refractivity contribution in [3.63, 3.8) is 0 Å². The maximum absolute atomic E-state index is 13.5. The van der Waals surface area contributed by atoms with Crippen LogP contribution in [0.3, 0.4) is 0 Å². The summed E-state index contributed by atoms with van der Waals surface area (Å²) in [6.07, 6.45) is 8.89. The van der Waals surface area contributed by atoms with Crippen molar-refractivity contribution in [2.45, 2.75) is 25.7 Å². The topological polar surface area (TPSA) is 71.3 Å². The summed E-state index contributed by atoms with van der Waals surface area (Å²) in [5.74, 6) is 0.252. The lowest BCUT2D eigenvalue weighted by atomic mass is 9.94. The van der Waals surface area contributed by atoms with Gasteiger partial charge in [0, 0.05) is 56.3 Å². The molecule has 3 aromatic rings. The lowest BCUT2D eigenvalue weighted by Crippen LogP contribution is -2.43. The minimum absolute atomic E-state index is 0.0296. The van der Waals surface area contributed by atoms with Gasteiger partial charge in [-0.2, -0.15) is 5.10 Å². The summed E-state index contributed by atoms with van der Waals surface area (Å²) in [5.41, 5.74) is 2.89. The highest BCUT2D eigenvalue weighted by atomic mass is 16.2. The average molecular weight is 430 g/mol. The van der Waals surface area contributed by atoms with Crippen LogP contribution in [0.4, 0.5) is 0 Å². The number of benzene rings is 1. The van der Waals surface area contributed by atoms with E-state index in [4.69, 9.17) is 5.10 Å². The number of aromatic nitrogens is 3. The maximum atomic E-state index is 13.5. The van der Waals surface area contributed by atoms with Gasteiger partial charge in [0.1, 0.15) is 5.69 Å². The van der Waals surface area contributed by atoms with Crippen LogP contribution in [0.5, 0.6) is 0 Å². The lowest BCUT2D eigenvalue weighted by molar-refractivity contribution is -0.135. The van der Waals surface area contributed by atoms with E-state index in [1.807, 2.05) is 58.5 Å². The quantitative estimate of drug-likeness (QED) is 0.637. The zero-order chi connectivity index (χ0) is 21.9. The first-order valence-electron chi connectivity index (χ1n) is 11.3. The summed E-state index contributed by atoms with van der Waals surface area (Å²) in [5, 5.41) is 4.73. The van der Waals surface area contributed by atoms with Gasteiger partial charge in [-0.25, -0.2) is 4.68 Å². The van der Waals surface area contributed by atoms with E-state index in [9.17, 15) is 9.59 Å². The van der Waals surface area contributed by atoms with Gasteiger partial charge >= 0.3 is 0 Å². The van der Waals surface area contributed by atoms with Crippen molar-refractivity contribution < 1.29 is 9.59 Å². The van der Waals surface area contributed by atoms with Crippen LogP contribution >= 0.6 is 0 Å². The molecule has 2 aliphatic heterocycles. The average Bonchev–Trinajstić information content (AvgIpc) is 3.55. The third-order valence-electron chi connectivity index (χ3n) is 6.45. The predicted octanol–water partition coefficient (Wildman–Crippen LogP) is 3.41. The Morgan fingerprint density at radius 3 is 2.31 bits per heavy atom. The van der Waals surface area contributed by atoms with Gasteiger partial charge in [0.25, 0.3) is 5.91 Å². The minimum atomic E-state index is -0.0434. The summed E-state index contributed by atoms with van der Waals surface area (Å²) in [4.78, 5) is 34.3. The van der Waals surface area contributed by atoms with Gasteiger partial charge < -0.3 is 9.80 Å². The molecule has 2 fully saturated rings. The van der Waals surface area contributed by atoms with Crippen molar-refractivity contribution in [3.05, 3.63) is 66.6 Å². The van der Waals surface area contributed by atoms with Crippen molar-refractivity contribution in [2.24, 2.45) is 5.92 Å². The molecule has 0 N–H and O–H groups in total. The Morgan fingerprint density at radius 2 is 1.62 bits per heavy atom. The van der Waals surface area contributed by atoms with E-state index < -0.39 is 0 Å². The largest absolute Gasteiger partial charge is 0.342 e. The Bertz CT molecular complexity index is 1080. The fourth-order valence-electron chi connectivity index (χ4n) is 4.66. The molecule has 0 radical (unpaired) electrons. The number of hydrogen-bond donors (Lipinski definition) is 0. The minimum Gasteiger partial charge on any atom is -0.342 e. The summed E-state index contributed by atoms with van der Waals surface area (Å²) < 4.78 is 1.75. The number of carbonyl (C=O) groups excluding carboxylic acids is 2. The standard InChI is InChI=1S/C25H27N5O2/c31-24(28-13-4-5-14-28)19-10-15-29(16-11-19)25(32)22-18-30(21-8-2-1-3-9-21)27-23(22)20-7-6-12-26-17-20/h1-3,6-9,12,17-19H,4-5,10-11,13-16H2. The molecule has 32 heavy (non-hydrogen) atoms. The number of rotatable bonds is 4. The van der Waals surface area contributed by atoms with Gasteiger partial charge in [-0.3, -0.25) is 14.6 Å². The molecular formula is C25H27N5O2. The molecule has 2 aromatic heterocycles. The molecule has 4 heterocycles. The molecule has 0 saturated carbocycles. The van der Waals surface area contributed by atoms with E-state index in [2.05, 4.69) is 4.98 Å². The van der Waals surface area contributed by atoms with Gasteiger partial charge in [0.2, 0.25) is 5.91 Å². The molecule has 2 aliphatic rings. The first kappa shape index (κ1) is 20.4. The lowest BCUT2D eigenvalue weighted by Gasteiger charge is -2.33. The number of likely N-dealkylation sites (tertiary alicyclic amines) is 2. The second kappa shape index (κ2) is 8.94. The Hall–Kier alpha value is -3.48.